The van der Waals surface area contributed by atoms with Gasteiger partial charge >= 0.3 is 0 Å². The van der Waals surface area contributed by atoms with Crippen molar-refractivity contribution in [3.05, 3.63) is 70.2 Å². The molecule has 0 saturated carbocycles. The summed E-state index contributed by atoms with van der Waals surface area (Å²) in [6.07, 6.45) is 1.26. The first-order chi connectivity index (χ1) is 10.5. The summed E-state index contributed by atoms with van der Waals surface area (Å²) in [4.78, 5) is 12.1. The Balaban J connectivity index is 1.84. The first-order valence-corrected chi connectivity index (χ1v) is 8.34. The molecule has 0 saturated heterocycles. The molecule has 0 aliphatic heterocycles. The Morgan fingerprint density at radius 2 is 1.68 bits per heavy atom. The van der Waals surface area contributed by atoms with E-state index in [0.29, 0.717) is 13.0 Å². The van der Waals surface area contributed by atoms with E-state index in [-0.39, 0.29) is 11.3 Å². The van der Waals surface area contributed by atoms with Gasteiger partial charge < -0.3 is 5.32 Å². The SMILES string of the molecule is CC(C)(CNC(=O)CCc1ccccc1Br)c1ccccc1. The standard InChI is InChI=1S/C19H22BrNO/c1-19(2,16-9-4-3-5-10-16)14-21-18(22)13-12-15-8-6-7-11-17(15)20/h3-11H,12-14H2,1-2H3,(H,21,22). The topological polar surface area (TPSA) is 29.1 Å². The minimum absolute atomic E-state index is 0.0652. The first kappa shape index (κ1) is 16.8. The Hall–Kier alpha value is -1.61. The van der Waals surface area contributed by atoms with Crippen LogP contribution < -0.4 is 5.32 Å². The minimum atomic E-state index is -0.0652. The average Bonchev–Trinajstić information content (AvgIpc) is 2.53. The molecule has 3 heteroatoms. The molecule has 0 spiro atoms. The van der Waals surface area contributed by atoms with Gasteiger partial charge in [0.1, 0.15) is 0 Å². The quantitative estimate of drug-likeness (QED) is 0.809. The fourth-order valence-corrected chi connectivity index (χ4v) is 2.83. The summed E-state index contributed by atoms with van der Waals surface area (Å²) in [7, 11) is 0. The van der Waals surface area contributed by atoms with Crippen molar-refractivity contribution >= 4 is 21.8 Å². The predicted octanol–water partition coefficient (Wildman–Crippen LogP) is 4.48. The summed E-state index contributed by atoms with van der Waals surface area (Å²) in [5.74, 6) is 0.0970. The Morgan fingerprint density at radius 3 is 2.36 bits per heavy atom. The van der Waals surface area contributed by atoms with E-state index >= 15 is 0 Å². The molecule has 0 aliphatic carbocycles. The van der Waals surface area contributed by atoms with Crippen LogP contribution in [-0.2, 0) is 16.6 Å². The highest BCUT2D eigenvalue weighted by atomic mass is 79.9. The molecule has 1 N–H and O–H groups in total. The number of carbonyl (C=O) groups excluding carboxylic acids is 1. The van der Waals surface area contributed by atoms with Gasteiger partial charge in [0, 0.05) is 22.9 Å². The third-order valence-corrected chi connectivity index (χ3v) is 4.64. The normalized spacial score (nSPS) is 11.2. The van der Waals surface area contributed by atoms with Crippen LogP contribution in [0.3, 0.4) is 0 Å². The van der Waals surface area contributed by atoms with Crippen LogP contribution in [0.2, 0.25) is 0 Å². The van der Waals surface area contributed by atoms with E-state index in [2.05, 4.69) is 47.2 Å². The van der Waals surface area contributed by atoms with E-state index in [9.17, 15) is 4.79 Å². The van der Waals surface area contributed by atoms with Crippen molar-refractivity contribution in [1.29, 1.82) is 0 Å². The zero-order chi connectivity index (χ0) is 16.0. The molecule has 0 atom stereocenters. The molecular weight excluding hydrogens is 338 g/mol. The molecule has 0 heterocycles. The molecule has 0 aliphatic rings. The van der Waals surface area contributed by atoms with Gasteiger partial charge in [0.25, 0.3) is 0 Å². The third kappa shape index (κ3) is 4.70. The molecule has 0 radical (unpaired) electrons. The summed E-state index contributed by atoms with van der Waals surface area (Å²) in [6.45, 7) is 4.94. The smallest absolute Gasteiger partial charge is 0.220 e. The van der Waals surface area contributed by atoms with Crippen molar-refractivity contribution in [2.24, 2.45) is 0 Å². The van der Waals surface area contributed by atoms with E-state index in [1.807, 2.05) is 42.5 Å². The minimum Gasteiger partial charge on any atom is -0.355 e. The Morgan fingerprint density at radius 1 is 1.05 bits per heavy atom. The molecule has 0 unspecified atom stereocenters. The first-order valence-electron chi connectivity index (χ1n) is 7.55. The summed E-state index contributed by atoms with van der Waals surface area (Å²) >= 11 is 3.52. The summed E-state index contributed by atoms with van der Waals surface area (Å²) < 4.78 is 1.06. The van der Waals surface area contributed by atoms with Gasteiger partial charge in [0.2, 0.25) is 5.91 Å². The molecule has 2 nitrogen and oxygen atoms in total. The van der Waals surface area contributed by atoms with E-state index in [1.54, 1.807) is 0 Å². The van der Waals surface area contributed by atoms with Gasteiger partial charge in [0.15, 0.2) is 0 Å². The summed E-state index contributed by atoms with van der Waals surface area (Å²) in [5, 5.41) is 3.06. The lowest BCUT2D eigenvalue weighted by molar-refractivity contribution is -0.121. The molecular formula is C19H22BrNO. The molecule has 0 bridgehead atoms. The molecule has 0 fully saturated rings. The monoisotopic (exact) mass is 359 g/mol. The lowest BCUT2D eigenvalue weighted by Gasteiger charge is -2.25. The number of hydrogen-bond donors (Lipinski definition) is 1. The predicted molar refractivity (Wildman–Crippen MR) is 94.9 cm³/mol. The fraction of sp³-hybridized carbons (Fsp3) is 0.316. The second-order valence-electron chi connectivity index (χ2n) is 6.12. The highest BCUT2D eigenvalue weighted by molar-refractivity contribution is 9.10. The van der Waals surface area contributed by atoms with E-state index in [1.165, 1.54) is 11.1 Å². The van der Waals surface area contributed by atoms with Crippen LogP contribution in [0, 0.1) is 0 Å². The zero-order valence-electron chi connectivity index (χ0n) is 13.1. The van der Waals surface area contributed by atoms with Crippen LogP contribution in [0.25, 0.3) is 0 Å². The van der Waals surface area contributed by atoms with Crippen molar-refractivity contribution < 1.29 is 4.79 Å². The lowest BCUT2D eigenvalue weighted by Crippen LogP contribution is -2.36. The Labute approximate surface area is 141 Å². The largest absolute Gasteiger partial charge is 0.355 e. The van der Waals surface area contributed by atoms with Gasteiger partial charge in [-0.15, -0.1) is 0 Å². The number of amides is 1. The second-order valence-corrected chi connectivity index (χ2v) is 6.97. The van der Waals surface area contributed by atoms with Crippen LogP contribution in [0.5, 0.6) is 0 Å². The number of rotatable bonds is 6. The molecule has 1 amide bonds. The van der Waals surface area contributed by atoms with Gasteiger partial charge in [-0.25, -0.2) is 0 Å². The highest BCUT2D eigenvalue weighted by Crippen LogP contribution is 2.22. The number of hydrogen-bond acceptors (Lipinski definition) is 1. The summed E-state index contributed by atoms with van der Waals surface area (Å²) in [6, 6.07) is 18.3. The number of nitrogens with one attached hydrogen (secondary N) is 1. The van der Waals surface area contributed by atoms with Gasteiger partial charge in [-0.3, -0.25) is 4.79 Å². The van der Waals surface area contributed by atoms with E-state index in [4.69, 9.17) is 0 Å². The van der Waals surface area contributed by atoms with Crippen molar-refractivity contribution in [1.82, 2.24) is 5.32 Å². The van der Waals surface area contributed by atoms with Gasteiger partial charge in [-0.05, 0) is 23.6 Å². The van der Waals surface area contributed by atoms with E-state index in [0.717, 1.165) is 10.9 Å². The molecule has 2 aromatic carbocycles. The van der Waals surface area contributed by atoms with E-state index < -0.39 is 0 Å². The molecule has 2 rings (SSSR count). The molecule has 116 valence electrons. The van der Waals surface area contributed by atoms with Crippen LogP contribution >= 0.6 is 15.9 Å². The van der Waals surface area contributed by atoms with Crippen LogP contribution in [0.15, 0.2) is 59.1 Å². The number of benzene rings is 2. The number of carbonyl (C=O) groups is 1. The van der Waals surface area contributed by atoms with Gasteiger partial charge in [-0.1, -0.05) is 78.3 Å². The van der Waals surface area contributed by atoms with Crippen LogP contribution in [0.4, 0.5) is 0 Å². The van der Waals surface area contributed by atoms with Crippen LogP contribution in [-0.4, -0.2) is 12.5 Å². The maximum atomic E-state index is 12.1. The van der Waals surface area contributed by atoms with Crippen molar-refractivity contribution in [3.63, 3.8) is 0 Å². The molecule has 2 aromatic rings. The Kier molecular flexibility index (Phi) is 5.78. The number of aryl methyl sites for hydroxylation is 1. The van der Waals surface area contributed by atoms with Crippen molar-refractivity contribution in [2.45, 2.75) is 32.1 Å². The maximum Gasteiger partial charge on any atom is 0.220 e. The summed E-state index contributed by atoms with van der Waals surface area (Å²) in [5.41, 5.74) is 2.34. The highest BCUT2D eigenvalue weighted by Gasteiger charge is 2.20. The molecule has 22 heavy (non-hydrogen) atoms. The Bertz CT molecular complexity index is 622. The number of halogens is 1. The fourth-order valence-electron chi connectivity index (χ4n) is 2.35. The zero-order valence-corrected chi connectivity index (χ0v) is 14.7. The van der Waals surface area contributed by atoms with Gasteiger partial charge in [-0.2, -0.15) is 0 Å². The molecule has 0 aromatic heterocycles. The lowest BCUT2D eigenvalue weighted by atomic mass is 9.84. The van der Waals surface area contributed by atoms with Crippen molar-refractivity contribution in [2.75, 3.05) is 6.54 Å². The average molecular weight is 360 g/mol. The third-order valence-electron chi connectivity index (χ3n) is 3.86. The van der Waals surface area contributed by atoms with Crippen molar-refractivity contribution in [3.8, 4) is 0 Å². The van der Waals surface area contributed by atoms with Crippen LogP contribution in [0.1, 0.15) is 31.4 Å². The maximum absolute atomic E-state index is 12.1. The second kappa shape index (κ2) is 7.59. The van der Waals surface area contributed by atoms with Gasteiger partial charge in [0.05, 0.1) is 0 Å².